The maximum Gasteiger partial charge on any atom is 0.253 e. The molecule has 0 saturated carbocycles. The number of benzene rings is 2. The second-order valence-electron chi connectivity index (χ2n) is 5.58. The fourth-order valence-electron chi connectivity index (χ4n) is 2.43. The smallest absolute Gasteiger partial charge is 0.253 e. The number of amides is 1. The molecule has 2 aromatic carbocycles. The van der Waals surface area contributed by atoms with Crippen molar-refractivity contribution in [3.05, 3.63) is 82.1 Å². The molecule has 0 bridgehead atoms. The van der Waals surface area contributed by atoms with Crippen molar-refractivity contribution in [3.63, 3.8) is 0 Å². The zero-order chi connectivity index (χ0) is 19.4. The number of nitrogens with two attached hydrogens (primary N) is 1. The second kappa shape index (κ2) is 8.13. The molecule has 3 rings (SSSR count). The molecule has 1 aromatic heterocycles. The van der Waals surface area contributed by atoms with Gasteiger partial charge in [-0.25, -0.2) is 8.78 Å². The van der Waals surface area contributed by atoms with E-state index in [4.69, 9.17) is 10.5 Å². The summed E-state index contributed by atoms with van der Waals surface area (Å²) in [5.74, 6) is -1.73. The lowest BCUT2D eigenvalue weighted by atomic mass is 10.1. The van der Waals surface area contributed by atoms with Crippen LogP contribution < -0.4 is 15.8 Å². The molecule has 0 fully saturated rings. The third-order valence-electron chi connectivity index (χ3n) is 3.64. The molecule has 0 aliphatic heterocycles. The molecule has 0 spiro atoms. The van der Waals surface area contributed by atoms with Gasteiger partial charge in [0.05, 0.1) is 17.4 Å². The molecule has 0 radical (unpaired) electrons. The Bertz CT molecular complexity index is 984. The van der Waals surface area contributed by atoms with Gasteiger partial charge < -0.3 is 15.8 Å². The van der Waals surface area contributed by atoms with Crippen molar-refractivity contribution in [2.24, 2.45) is 5.73 Å². The largest absolute Gasteiger partial charge is 0.453 e. The van der Waals surface area contributed by atoms with Gasteiger partial charge in [0.2, 0.25) is 0 Å². The Morgan fingerprint density at radius 1 is 1.19 bits per heavy atom. The van der Waals surface area contributed by atoms with E-state index >= 15 is 0 Å². The predicted molar refractivity (Wildman–Crippen MR) is 101 cm³/mol. The number of hydrogen-bond donors (Lipinski definition) is 2. The number of pyridine rings is 1. The summed E-state index contributed by atoms with van der Waals surface area (Å²) in [7, 11) is 0. The average Bonchev–Trinajstić information content (AvgIpc) is 2.62. The van der Waals surface area contributed by atoms with Crippen LogP contribution >= 0.6 is 15.9 Å². The zero-order valence-corrected chi connectivity index (χ0v) is 15.5. The van der Waals surface area contributed by atoms with Gasteiger partial charge in [-0.2, -0.15) is 0 Å². The minimum Gasteiger partial charge on any atom is -0.453 e. The van der Waals surface area contributed by atoms with Crippen molar-refractivity contribution in [1.29, 1.82) is 0 Å². The molecule has 0 unspecified atom stereocenters. The van der Waals surface area contributed by atoms with Crippen molar-refractivity contribution in [2.75, 3.05) is 5.32 Å². The standard InChI is InChI=1S/C19H14BrF2N3O2/c20-12-7-15(22)18(19(23)26)16(8-12)25-9-11-3-4-17(14(21)6-11)27-13-2-1-5-24-10-13/h1-8,10,25H,9H2,(H2,23,26). The van der Waals surface area contributed by atoms with E-state index in [0.717, 1.165) is 6.07 Å². The Morgan fingerprint density at radius 2 is 2.00 bits per heavy atom. The Labute approximate surface area is 162 Å². The van der Waals surface area contributed by atoms with Crippen LogP contribution in [-0.4, -0.2) is 10.9 Å². The van der Waals surface area contributed by atoms with Gasteiger partial charge in [0.15, 0.2) is 11.6 Å². The molecule has 3 N–H and O–H groups in total. The molecule has 5 nitrogen and oxygen atoms in total. The summed E-state index contributed by atoms with van der Waals surface area (Å²) < 4.78 is 34.1. The number of carbonyl (C=O) groups is 1. The van der Waals surface area contributed by atoms with E-state index in [0.29, 0.717) is 15.8 Å². The maximum absolute atomic E-state index is 14.3. The lowest BCUT2D eigenvalue weighted by molar-refractivity contribution is 0.0997. The van der Waals surface area contributed by atoms with Crippen LogP contribution in [0.3, 0.4) is 0 Å². The minimum absolute atomic E-state index is 0.0538. The highest BCUT2D eigenvalue weighted by molar-refractivity contribution is 9.10. The van der Waals surface area contributed by atoms with Crippen LogP contribution in [0.2, 0.25) is 0 Å². The Hall–Kier alpha value is -3.00. The van der Waals surface area contributed by atoms with E-state index in [1.807, 2.05) is 0 Å². The fourth-order valence-corrected chi connectivity index (χ4v) is 2.86. The van der Waals surface area contributed by atoms with Crippen LogP contribution in [0.15, 0.2) is 59.3 Å². The van der Waals surface area contributed by atoms with Gasteiger partial charge in [-0.1, -0.05) is 22.0 Å². The Morgan fingerprint density at radius 3 is 2.67 bits per heavy atom. The van der Waals surface area contributed by atoms with Gasteiger partial charge in [0.25, 0.3) is 5.91 Å². The van der Waals surface area contributed by atoms with E-state index in [9.17, 15) is 13.6 Å². The Kier molecular flexibility index (Phi) is 5.66. The third kappa shape index (κ3) is 4.59. The first-order chi connectivity index (χ1) is 12.9. The van der Waals surface area contributed by atoms with Crippen LogP contribution in [0.25, 0.3) is 0 Å². The molecule has 1 amide bonds. The first kappa shape index (κ1) is 18.8. The van der Waals surface area contributed by atoms with Crippen LogP contribution in [-0.2, 0) is 6.54 Å². The second-order valence-corrected chi connectivity index (χ2v) is 6.50. The van der Waals surface area contributed by atoms with Crippen LogP contribution in [0.1, 0.15) is 15.9 Å². The molecule has 1 heterocycles. The first-order valence-corrected chi connectivity index (χ1v) is 8.62. The highest BCUT2D eigenvalue weighted by Gasteiger charge is 2.15. The first-order valence-electron chi connectivity index (χ1n) is 7.83. The van der Waals surface area contributed by atoms with Crippen molar-refractivity contribution < 1.29 is 18.3 Å². The third-order valence-corrected chi connectivity index (χ3v) is 4.10. The van der Waals surface area contributed by atoms with Gasteiger partial charge in [0.1, 0.15) is 11.6 Å². The number of halogens is 3. The fraction of sp³-hybridized carbons (Fsp3) is 0.0526. The molecule has 8 heteroatoms. The number of hydrogen-bond acceptors (Lipinski definition) is 4. The molecular formula is C19H14BrF2N3O2. The molecule has 0 aliphatic rings. The number of anilines is 1. The van der Waals surface area contributed by atoms with Gasteiger partial charge in [0, 0.05) is 17.2 Å². The number of primary amides is 1. The van der Waals surface area contributed by atoms with E-state index in [2.05, 4.69) is 26.2 Å². The van der Waals surface area contributed by atoms with Gasteiger partial charge in [-0.3, -0.25) is 9.78 Å². The SMILES string of the molecule is NC(=O)c1c(F)cc(Br)cc1NCc1ccc(Oc2cccnc2)c(F)c1. The van der Waals surface area contributed by atoms with Crippen molar-refractivity contribution >= 4 is 27.5 Å². The van der Waals surface area contributed by atoms with E-state index in [1.54, 1.807) is 24.4 Å². The number of ether oxygens (including phenoxy) is 1. The van der Waals surface area contributed by atoms with Crippen molar-refractivity contribution in [3.8, 4) is 11.5 Å². The molecule has 0 aliphatic carbocycles. The van der Waals surface area contributed by atoms with Gasteiger partial charge in [-0.15, -0.1) is 0 Å². The summed E-state index contributed by atoms with van der Waals surface area (Å²) in [6.45, 7) is 0.153. The van der Waals surface area contributed by atoms with E-state index in [1.165, 1.54) is 24.4 Å². The Balaban J connectivity index is 1.76. The normalized spacial score (nSPS) is 10.5. The number of aromatic nitrogens is 1. The van der Waals surface area contributed by atoms with E-state index in [-0.39, 0.29) is 23.5 Å². The van der Waals surface area contributed by atoms with E-state index < -0.39 is 17.5 Å². The monoisotopic (exact) mass is 433 g/mol. The number of carbonyl (C=O) groups excluding carboxylic acids is 1. The van der Waals surface area contributed by atoms with Gasteiger partial charge in [-0.05, 0) is 42.0 Å². The lowest BCUT2D eigenvalue weighted by Crippen LogP contribution is -2.16. The number of nitrogens with zero attached hydrogens (tertiary/aromatic N) is 1. The summed E-state index contributed by atoms with van der Waals surface area (Å²) in [4.78, 5) is 15.4. The van der Waals surface area contributed by atoms with Crippen molar-refractivity contribution in [2.45, 2.75) is 6.54 Å². The number of nitrogens with one attached hydrogen (secondary N) is 1. The van der Waals surface area contributed by atoms with Gasteiger partial charge >= 0.3 is 0 Å². The topological polar surface area (TPSA) is 77.2 Å². The molecular weight excluding hydrogens is 420 g/mol. The number of rotatable bonds is 6. The quantitative estimate of drug-likeness (QED) is 0.594. The maximum atomic E-state index is 14.3. The highest BCUT2D eigenvalue weighted by atomic mass is 79.9. The molecule has 138 valence electrons. The summed E-state index contributed by atoms with van der Waals surface area (Å²) in [5.41, 5.74) is 5.77. The summed E-state index contributed by atoms with van der Waals surface area (Å²) in [6, 6.07) is 10.4. The van der Waals surface area contributed by atoms with Crippen molar-refractivity contribution in [1.82, 2.24) is 4.98 Å². The molecule has 0 saturated heterocycles. The minimum atomic E-state index is -0.895. The molecule has 0 atom stereocenters. The lowest BCUT2D eigenvalue weighted by Gasteiger charge is -2.13. The summed E-state index contributed by atoms with van der Waals surface area (Å²) in [6.07, 6.45) is 3.06. The summed E-state index contributed by atoms with van der Waals surface area (Å²) >= 11 is 3.16. The van der Waals surface area contributed by atoms with Crippen LogP contribution in [0.4, 0.5) is 14.5 Å². The molecule has 27 heavy (non-hydrogen) atoms. The zero-order valence-electron chi connectivity index (χ0n) is 13.9. The highest BCUT2D eigenvalue weighted by Crippen LogP contribution is 2.27. The predicted octanol–water partition coefficient (Wildman–Crippen LogP) is 4.63. The summed E-state index contributed by atoms with van der Waals surface area (Å²) in [5, 5.41) is 2.90. The van der Waals surface area contributed by atoms with Crippen LogP contribution in [0, 0.1) is 11.6 Å². The average molecular weight is 434 g/mol. The van der Waals surface area contributed by atoms with Crippen LogP contribution in [0.5, 0.6) is 11.5 Å². The molecule has 3 aromatic rings.